The first-order chi connectivity index (χ1) is 7.24. The molecule has 2 heterocycles. The molecule has 0 saturated carbocycles. The number of hydrazine groups is 1. The third-order valence-corrected chi connectivity index (χ3v) is 3.96. The molecule has 80 valence electrons. The molecule has 0 spiro atoms. The number of nitrogens with two attached hydrogens (primary N) is 1. The summed E-state index contributed by atoms with van der Waals surface area (Å²) in [6.07, 6.45) is 1.62. The Morgan fingerprint density at radius 3 is 2.87 bits per heavy atom. The molecule has 5 heteroatoms. The molecule has 3 N–H and O–H groups in total. The summed E-state index contributed by atoms with van der Waals surface area (Å²) in [5.41, 5.74) is 3.77. The van der Waals surface area contributed by atoms with Crippen molar-refractivity contribution in [2.75, 3.05) is 0 Å². The fourth-order valence-electron chi connectivity index (χ4n) is 1.39. The van der Waals surface area contributed by atoms with Gasteiger partial charge in [0.1, 0.15) is 11.8 Å². The van der Waals surface area contributed by atoms with Crippen molar-refractivity contribution >= 4 is 22.9 Å². The lowest BCUT2D eigenvalue weighted by atomic mass is 10.2. The van der Waals surface area contributed by atoms with E-state index in [0.29, 0.717) is 0 Å². The summed E-state index contributed by atoms with van der Waals surface area (Å²) < 4.78 is 5.31. The summed E-state index contributed by atoms with van der Waals surface area (Å²) in [6.45, 7) is 1.97. The van der Waals surface area contributed by atoms with Crippen molar-refractivity contribution in [3.05, 3.63) is 45.0 Å². The quantitative estimate of drug-likeness (QED) is 0.643. The molecule has 0 amide bonds. The predicted molar refractivity (Wildman–Crippen MR) is 61.9 cm³/mol. The molecule has 0 radical (unpaired) electrons. The number of furan rings is 1. The van der Waals surface area contributed by atoms with E-state index >= 15 is 0 Å². The second kappa shape index (κ2) is 4.37. The molecule has 0 aliphatic carbocycles. The second-order valence-corrected chi connectivity index (χ2v) is 4.50. The highest BCUT2D eigenvalue weighted by molar-refractivity contribution is 7.10. The number of thiophene rings is 1. The van der Waals surface area contributed by atoms with Gasteiger partial charge in [0.05, 0.1) is 11.3 Å². The summed E-state index contributed by atoms with van der Waals surface area (Å²) in [4.78, 5) is 0.978. The molecule has 0 saturated heterocycles. The number of halogens is 1. The molecule has 1 unspecified atom stereocenters. The van der Waals surface area contributed by atoms with Gasteiger partial charge in [-0.05, 0) is 30.0 Å². The van der Waals surface area contributed by atoms with Crippen LogP contribution in [-0.4, -0.2) is 0 Å². The number of nitrogens with one attached hydrogen (secondary N) is 1. The van der Waals surface area contributed by atoms with Crippen LogP contribution in [0.25, 0.3) is 0 Å². The Morgan fingerprint density at radius 2 is 2.40 bits per heavy atom. The van der Waals surface area contributed by atoms with Crippen LogP contribution in [0.3, 0.4) is 0 Å². The smallest absolute Gasteiger partial charge is 0.127 e. The minimum absolute atomic E-state index is 0.175. The SMILES string of the molecule is Cc1csc(C(NN)c2ccco2)c1Cl. The van der Waals surface area contributed by atoms with Gasteiger partial charge in [-0.25, -0.2) is 5.43 Å². The van der Waals surface area contributed by atoms with Crippen molar-refractivity contribution in [3.8, 4) is 0 Å². The summed E-state index contributed by atoms with van der Waals surface area (Å²) in [5, 5.41) is 2.75. The van der Waals surface area contributed by atoms with E-state index in [9.17, 15) is 0 Å². The molecule has 3 nitrogen and oxygen atoms in total. The Bertz CT molecular complexity index is 438. The van der Waals surface area contributed by atoms with Crippen molar-refractivity contribution in [2.24, 2.45) is 5.84 Å². The van der Waals surface area contributed by atoms with Crippen molar-refractivity contribution in [2.45, 2.75) is 13.0 Å². The highest BCUT2D eigenvalue weighted by atomic mass is 35.5. The van der Waals surface area contributed by atoms with E-state index in [-0.39, 0.29) is 6.04 Å². The Kier molecular flexibility index (Phi) is 3.11. The van der Waals surface area contributed by atoms with Crippen molar-refractivity contribution in [1.29, 1.82) is 0 Å². The zero-order valence-electron chi connectivity index (χ0n) is 8.16. The standard InChI is InChI=1S/C10H11ClN2OS/c1-6-5-15-10(8(6)11)9(13-12)7-3-2-4-14-7/h2-5,9,13H,12H2,1H3. The van der Waals surface area contributed by atoms with Gasteiger partial charge < -0.3 is 4.42 Å². The largest absolute Gasteiger partial charge is 0.467 e. The lowest BCUT2D eigenvalue weighted by molar-refractivity contribution is 0.455. The minimum Gasteiger partial charge on any atom is -0.467 e. The first kappa shape index (κ1) is 10.7. The van der Waals surface area contributed by atoms with Gasteiger partial charge in [-0.3, -0.25) is 5.84 Å². The van der Waals surface area contributed by atoms with Crippen LogP contribution in [0.15, 0.2) is 28.2 Å². The van der Waals surface area contributed by atoms with Crippen LogP contribution in [-0.2, 0) is 0 Å². The van der Waals surface area contributed by atoms with E-state index in [2.05, 4.69) is 5.43 Å². The fourth-order valence-corrected chi connectivity index (χ4v) is 2.76. The summed E-state index contributed by atoms with van der Waals surface area (Å²) in [6, 6.07) is 3.52. The van der Waals surface area contributed by atoms with Gasteiger partial charge in [0, 0.05) is 4.88 Å². The second-order valence-electron chi connectivity index (χ2n) is 3.21. The predicted octanol–water partition coefficient (Wildman–Crippen LogP) is 2.86. The normalized spacial score (nSPS) is 13.0. The molecule has 2 rings (SSSR count). The Hall–Kier alpha value is -0.810. The molecular formula is C10H11ClN2OS. The Labute approximate surface area is 96.8 Å². The number of aryl methyl sites for hydroxylation is 1. The molecule has 0 bridgehead atoms. The monoisotopic (exact) mass is 242 g/mol. The summed E-state index contributed by atoms with van der Waals surface area (Å²) in [7, 11) is 0. The van der Waals surface area contributed by atoms with Gasteiger partial charge in [0.25, 0.3) is 0 Å². The van der Waals surface area contributed by atoms with Crippen LogP contribution in [0.5, 0.6) is 0 Å². The number of hydrogen-bond donors (Lipinski definition) is 2. The van der Waals surface area contributed by atoms with Crippen LogP contribution in [0.1, 0.15) is 22.2 Å². The Balaban J connectivity index is 2.40. The van der Waals surface area contributed by atoms with Gasteiger partial charge >= 0.3 is 0 Å². The molecule has 2 aromatic heterocycles. The topological polar surface area (TPSA) is 51.2 Å². The third kappa shape index (κ3) is 1.94. The highest BCUT2D eigenvalue weighted by Crippen LogP contribution is 2.35. The Morgan fingerprint density at radius 1 is 1.60 bits per heavy atom. The van der Waals surface area contributed by atoms with Crippen LogP contribution in [0.2, 0.25) is 5.02 Å². The molecular weight excluding hydrogens is 232 g/mol. The van der Waals surface area contributed by atoms with E-state index in [1.165, 1.54) is 0 Å². The van der Waals surface area contributed by atoms with E-state index < -0.39 is 0 Å². The molecule has 0 aliphatic rings. The lowest BCUT2D eigenvalue weighted by Gasteiger charge is -2.11. The van der Waals surface area contributed by atoms with Crippen molar-refractivity contribution < 1.29 is 4.42 Å². The van der Waals surface area contributed by atoms with Crippen molar-refractivity contribution in [3.63, 3.8) is 0 Å². The lowest BCUT2D eigenvalue weighted by Crippen LogP contribution is -2.28. The first-order valence-electron chi connectivity index (χ1n) is 4.47. The third-order valence-electron chi connectivity index (χ3n) is 2.18. The molecule has 15 heavy (non-hydrogen) atoms. The summed E-state index contributed by atoms with van der Waals surface area (Å²) in [5.74, 6) is 6.28. The summed E-state index contributed by atoms with van der Waals surface area (Å²) >= 11 is 7.75. The van der Waals surface area contributed by atoms with Crippen LogP contribution in [0, 0.1) is 6.92 Å². The van der Waals surface area contributed by atoms with Gasteiger partial charge in [-0.1, -0.05) is 11.6 Å². The van der Waals surface area contributed by atoms with E-state index in [0.717, 1.165) is 21.2 Å². The van der Waals surface area contributed by atoms with E-state index in [4.69, 9.17) is 21.9 Å². The molecule has 2 aromatic rings. The maximum Gasteiger partial charge on any atom is 0.127 e. The zero-order chi connectivity index (χ0) is 10.8. The first-order valence-corrected chi connectivity index (χ1v) is 5.72. The molecule has 1 atom stereocenters. The average Bonchev–Trinajstić information content (AvgIpc) is 2.84. The van der Waals surface area contributed by atoms with Gasteiger partial charge in [0.15, 0.2) is 0 Å². The zero-order valence-corrected chi connectivity index (χ0v) is 9.73. The van der Waals surface area contributed by atoms with Crippen LogP contribution >= 0.6 is 22.9 Å². The van der Waals surface area contributed by atoms with Gasteiger partial charge in [-0.15, -0.1) is 11.3 Å². The maximum absolute atomic E-state index is 6.17. The van der Waals surface area contributed by atoms with Gasteiger partial charge in [0.2, 0.25) is 0 Å². The molecule has 0 fully saturated rings. The number of rotatable bonds is 3. The van der Waals surface area contributed by atoms with E-state index in [1.54, 1.807) is 17.6 Å². The van der Waals surface area contributed by atoms with Crippen LogP contribution < -0.4 is 11.3 Å². The molecule has 0 aliphatic heterocycles. The number of hydrogen-bond acceptors (Lipinski definition) is 4. The van der Waals surface area contributed by atoms with Crippen LogP contribution in [0.4, 0.5) is 0 Å². The fraction of sp³-hybridized carbons (Fsp3) is 0.200. The van der Waals surface area contributed by atoms with E-state index in [1.807, 2.05) is 24.4 Å². The van der Waals surface area contributed by atoms with Crippen molar-refractivity contribution in [1.82, 2.24) is 5.43 Å². The van der Waals surface area contributed by atoms with Gasteiger partial charge in [-0.2, -0.15) is 0 Å². The molecule has 0 aromatic carbocycles. The minimum atomic E-state index is -0.175. The maximum atomic E-state index is 6.17. The highest BCUT2D eigenvalue weighted by Gasteiger charge is 2.20. The average molecular weight is 243 g/mol.